The van der Waals surface area contributed by atoms with Gasteiger partial charge in [0, 0.05) is 10.2 Å². The van der Waals surface area contributed by atoms with E-state index in [0.717, 1.165) is 12.8 Å². The molecule has 0 bridgehead atoms. The zero-order chi connectivity index (χ0) is 14.7. The Labute approximate surface area is 135 Å². The number of hydrogen-bond acceptors (Lipinski definition) is 1. The number of aliphatic hydroxyl groups is 1. The van der Waals surface area contributed by atoms with Crippen molar-refractivity contribution in [3.05, 3.63) is 24.3 Å². The van der Waals surface area contributed by atoms with Gasteiger partial charge in [-0.25, -0.2) is 0 Å². The monoisotopic (exact) mass is 366 g/mol. The Hall–Kier alpha value is 0.0600. The highest BCUT2D eigenvalue weighted by Gasteiger charge is 2.14. The maximum Gasteiger partial charge on any atom is 0.0741 e. The molecule has 0 amide bonds. The molecule has 0 aliphatic carbocycles. The molecule has 19 heavy (non-hydrogen) atoms. The summed E-state index contributed by atoms with van der Waals surface area (Å²) in [6.45, 7) is 2.09. The normalized spacial score (nSPS) is 18.3. The average Bonchev–Trinajstić information content (AvgIpc) is 2.42. The maximum atomic E-state index is 9.76. The number of terminal acetylenes is 1. The summed E-state index contributed by atoms with van der Waals surface area (Å²) >= 11 is 15.8. The molecule has 0 fully saturated rings. The van der Waals surface area contributed by atoms with Gasteiger partial charge in [0.1, 0.15) is 0 Å². The third kappa shape index (κ3) is 9.57. The van der Waals surface area contributed by atoms with Crippen LogP contribution in [0, 0.1) is 12.3 Å². The van der Waals surface area contributed by atoms with Crippen LogP contribution in [0.25, 0.3) is 0 Å². The minimum absolute atomic E-state index is 0.0820. The predicted octanol–water partition coefficient (Wildman–Crippen LogP) is 4.65. The number of alkyl halides is 3. The third-order valence-corrected chi connectivity index (χ3v) is 5.22. The van der Waals surface area contributed by atoms with E-state index in [1.807, 2.05) is 12.2 Å². The number of halogens is 3. The molecule has 0 aliphatic rings. The van der Waals surface area contributed by atoms with Gasteiger partial charge in [0.25, 0.3) is 0 Å². The third-order valence-electron chi connectivity index (χ3n) is 2.68. The fourth-order valence-electron chi connectivity index (χ4n) is 1.44. The minimum atomic E-state index is -0.581. The van der Waals surface area contributed by atoms with Crippen molar-refractivity contribution in [2.24, 2.45) is 0 Å². The first-order chi connectivity index (χ1) is 9.02. The van der Waals surface area contributed by atoms with Gasteiger partial charge in [-0.15, -0.1) is 29.6 Å². The molecule has 1 N–H and O–H groups in total. The lowest BCUT2D eigenvalue weighted by atomic mass is 10.1. The molecule has 0 heterocycles. The number of aliphatic hydroxyl groups excluding tert-OH is 1. The highest BCUT2D eigenvalue weighted by atomic mass is 79.9. The molecule has 4 atom stereocenters. The van der Waals surface area contributed by atoms with Crippen molar-refractivity contribution in [3.63, 3.8) is 0 Å². The molecule has 4 heteroatoms. The van der Waals surface area contributed by atoms with Crippen LogP contribution in [-0.2, 0) is 0 Å². The summed E-state index contributed by atoms with van der Waals surface area (Å²) in [5.74, 6) is 2.37. The predicted molar refractivity (Wildman–Crippen MR) is 89.3 cm³/mol. The second-order valence-corrected chi connectivity index (χ2v) is 6.57. The Balaban J connectivity index is 3.92. The lowest BCUT2D eigenvalue weighted by molar-refractivity contribution is 0.172. The molecule has 0 saturated heterocycles. The van der Waals surface area contributed by atoms with Gasteiger partial charge in [0.2, 0.25) is 0 Å². The molecule has 0 spiro atoms. The first kappa shape index (κ1) is 19.1. The van der Waals surface area contributed by atoms with Crippen LogP contribution in [0.1, 0.15) is 32.6 Å². The van der Waals surface area contributed by atoms with Crippen LogP contribution in [-0.4, -0.2) is 26.8 Å². The van der Waals surface area contributed by atoms with E-state index < -0.39 is 6.10 Å². The minimum Gasteiger partial charge on any atom is -0.391 e. The first-order valence-corrected chi connectivity index (χ1v) is 8.18. The van der Waals surface area contributed by atoms with E-state index in [4.69, 9.17) is 29.6 Å². The summed E-state index contributed by atoms with van der Waals surface area (Å²) in [5, 5.41) is 9.53. The van der Waals surface area contributed by atoms with Gasteiger partial charge >= 0.3 is 0 Å². The summed E-state index contributed by atoms with van der Waals surface area (Å²) in [6, 6.07) is 0. The van der Waals surface area contributed by atoms with E-state index in [1.54, 1.807) is 12.2 Å². The second-order valence-electron chi connectivity index (χ2n) is 4.27. The zero-order valence-electron chi connectivity index (χ0n) is 11.1. The Bertz CT molecular complexity index is 323. The van der Waals surface area contributed by atoms with E-state index in [2.05, 4.69) is 28.8 Å². The fourth-order valence-corrected chi connectivity index (χ4v) is 2.14. The number of allylic oxidation sites excluding steroid dienone is 3. The first-order valence-electron chi connectivity index (χ1n) is 6.39. The van der Waals surface area contributed by atoms with Crippen LogP contribution in [0.5, 0.6) is 0 Å². The van der Waals surface area contributed by atoms with Crippen molar-refractivity contribution >= 4 is 39.1 Å². The van der Waals surface area contributed by atoms with Crippen molar-refractivity contribution < 1.29 is 5.11 Å². The Kier molecular flexibility index (Phi) is 11.9. The van der Waals surface area contributed by atoms with E-state index in [-0.39, 0.29) is 10.8 Å². The van der Waals surface area contributed by atoms with Crippen molar-refractivity contribution in [2.45, 2.75) is 54.3 Å². The van der Waals surface area contributed by atoms with Crippen LogP contribution >= 0.6 is 39.1 Å². The summed E-state index contributed by atoms with van der Waals surface area (Å²) in [6.07, 6.45) is 14.7. The zero-order valence-corrected chi connectivity index (χ0v) is 14.2. The molecule has 0 aromatic heterocycles. The summed E-state index contributed by atoms with van der Waals surface area (Å²) in [7, 11) is 0. The van der Waals surface area contributed by atoms with Crippen LogP contribution in [0.4, 0.5) is 0 Å². The molecule has 0 aromatic carbocycles. The van der Waals surface area contributed by atoms with Gasteiger partial charge < -0.3 is 5.11 Å². The van der Waals surface area contributed by atoms with Gasteiger partial charge in [-0.2, -0.15) is 0 Å². The molecular weight excluding hydrogens is 347 g/mol. The highest BCUT2D eigenvalue weighted by Crippen LogP contribution is 2.19. The van der Waals surface area contributed by atoms with Crippen LogP contribution < -0.4 is 0 Å². The highest BCUT2D eigenvalue weighted by molar-refractivity contribution is 9.09. The molecule has 1 nitrogen and oxygen atoms in total. The summed E-state index contributed by atoms with van der Waals surface area (Å²) < 4.78 is 0. The van der Waals surface area contributed by atoms with Gasteiger partial charge in [0.05, 0.1) is 11.5 Å². The number of rotatable bonds is 9. The second kappa shape index (κ2) is 11.9. The van der Waals surface area contributed by atoms with Crippen molar-refractivity contribution in [2.75, 3.05) is 0 Å². The molecule has 0 aromatic rings. The van der Waals surface area contributed by atoms with Gasteiger partial charge in [-0.05, 0) is 31.8 Å². The molecule has 0 radical (unpaired) electrons. The van der Waals surface area contributed by atoms with Gasteiger partial charge in [-0.1, -0.05) is 47.0 Å². The summed E-state index contributed by atoms with van der Waals surface area (Å²) in [5.41, 5.74) is 0. The lowest BCUT2D eigenvalue weighted by Crippen LogP contribution is -2.19. The molecule has 0 aliphatic heterocycles. The van der Waals surface area contributed by atoms with Crippen LogP contribution in [0.15, 0.2) is 24.3 Å². The van der Waals surface area contributed by atoms with Crippen molar-refractivity contribution in [1.82, 2.24) is 0 Å². The van der Waals surface area contributed by atoms with E-state index in [9.17, 15) is 5.11 Å². The smallest absolute Gasteiger partial charge is 0.0741 e. The summed E-state index contributed by atoms with van der Waals surface area (Å²) in [4.78, 5) is 0.324. The largest absolute Gasteiger partial charge is 0.391 e. The van der Waals surface area contributed by atoms with E-state index >= 15 is 0 Å². The maximum absolute atomic E-state index is 9.76. The fraction of sp³-hybridized carbons (Fsp3) is 0.600. The van der Waals surface area contributed by atoms with Crippen molar-refractivity contribution in [3.8, 4) is 12.3 Å². The Morgan fingerprint density at radius 1 is 1.16 bits per heavy atom. The van der Waals surface area contributed by atoms with Gasteiger partial charge in [0.15, 0.2) is 0 Å². The van der Waals surface area contributed by atoms with Crippen molar-refractivity contribution in [1.29, 1.82) is 0 Å². The molecule has 0 saturated carbocycles. The Morgan fingerprint density at radius 2 is 1.74 bits per heavy atom. The SMILES string of the molecule is C#C/C=C\C[C@@H](O)[C@H](Cl)C/C=C\C[C@@H](Cl)[C@H](Br)CC. The van der Waals surface area contributed by atoms with Gasteiger partial charge in [-0.3, -0.25) is 0 Å². The molecule has 108 valence electrons. The van der Waals surface area contributed by atoms with Crippen LogP contribution in [0.2, 0.25) is 0 Å². The average molecular weight is 368 g/mol. The quantitative estimate of drug-likeness (QED) is 0.357. The van der Waals surface area contributed by atoms with Crippen LogP contribution in [0.3, 0.4) is 0 Å². The standard InChI is InChI=1S/C15H21BrCl2O/c1-3-5-6-11-15(19)14(18)10-8-7-9-13(17)12(16)4-2/h1,5-8,12-15,19H,4,9-11H2,2H3/b6-5-,8-7-/t12-,13-,14-,15-/m1/s1. The topological polar surface area (TPSA) is 20.2 Å². The molecule has 0 rings (SSSR count). The Morgan fingerprint density at radius 3 is 2.26 bits per heavy atom. The number of hydrogen-bond donors (Lipinski definition) is 1. The van der Waals surface area contributed by atoms with E-state index in [0.29, 0.717) is 17.7 Å². The van der Waals surface area contributed by atoms with E-state index in [1.165, 1.54) is 0 Å². The molecular formula is C15H21BrCl2O. The lowest BCUT2D eigenvalue weighted by Gasteiger charge is -2.14. The molecule has 0 unspecified atom stereocenters.